The van der Waals surface area contributed by atoms with Gasteiger partial charge in [0, 0.05) is 37.7 Å². The molecule has 0 aliphatic carbocycles. The number of pyridine rings is 1. The minimum Gasteiger partial charge on any atom is -0.444 e. The molecular formula is C25H30N6O3. The SMILES string of the molecule is CN(C(=O)OC(C)(C)C)C1CCN(c2ccc(NC(=O)c3cc(-c4ccccn4)n[nH]3)cc2)C1. The number of nitrogens with zero attached hydrogens (tertiary/aromatic N) is 4. The van der Waals surface area contributed by atoms with Gasteiger partial charge in [-0.3, -0.25) is 14.9 Å². The van der Waals surface area contributed by atoms with E-state index in [1.54, 1.807) is 24.2 Å². The summed E-state index contributed by atoms with van der Waals surface area (Å²) in [4.78, 5) is 33.1. The van der Waals surface area contributed by atoms with E-state index in [-0.39, 0.29) is 18.0 Å². The number of anilines is 2. The maximum absolute atomic E-state index is 12.6. The first-order chi connectivity index (χ1) is 16.2. The summed E-state index contributed by atoms with van der Waals surface area (Å²) in [5, 5.41) is 9.83. The van der Waals surface area contributed by atoms with Crippen molar-refractivity contribution in [3.63, 3.8) is 0 Å². The van der Waals surface area contributed by atoms with E-state index in [0.717, 1.165) is 25.2 Å². The van der Waals surface area contributed by atoms with Crippen molar-refractivity contribution in [2.45, 2.75) is 38.8 Å². The van der Waals surface area contributed by atoms with Crippen molar-refractivity contribution in [2.24, 2.45) is 0 Å². The molecule has 1 aliphatic heterocycles. The van der Waals surface area contributed by atoms with Crippen molar-refractivity contribution in [3.8, 4) is 11.4 Å². The van der Waals surface area contributed by atoms with Gasteiger partial charge in [0.1, 0.15) is 17.0 Å². The van der Waals surface area contributed by atoms with Crippen molar-refractivity contribution in [3.05, 3.63) is 60.4 Å². The van der Waals surface area contributed by atoms with E-state index in [1.165, 1.54) is 0 Å². The Kier molecular flexibility index (Phi) is 6.54. The lowest BCUT2D eigenvalue weighted by Crippen LogP contribution is -2.42. The molecule has 4 rings (SSSR count). The Morgan fingerprint density at radius 2 is 1.91 bits per heavy atom. The number of H-pyrrole nitrogens is 1. The van der Waals surface area contributed by atoms with Crippen LogP contribution in [0.3, 0.4) is 0 Å². The molecule has 0 saturated carbocycles. The molecule has 0 spiro atoms. The molecule has 1 unspecified atom stereocenters. The molecule has 1 aliphatic rings. The fourth-order valence-corrected chi connectivity index (χ4v) is 3.81. The monoisotopic (exact) mass is 462 g/mol. The molecule has 2 N–H and O–H groups in total. The van der Waals surface area contributed by atoms with Gasteiger partial charge in [0.15, 0.2) is 0 Å². The van der Waals surface area contributed by atoms with Crippen LogP contribution in [0.2, 0.25) is 0 Å². The molecule has 1 atom stereocenters. The summed E-state index contributed by atoms with van der Waals surface area (Å²) in [5.74, 6) is -0.275. The minimum atomic E-state index is -0.514. The Balaban J connectivity index is 1.33. The highest BCUT2D eigenvalue weighted by Gasteiger charge is 2.31. The van der Waals surface area contributed by atoms with Crippen molar-refractivity contribution in [1.29, 1.82) is 0 Å². The van der Waals surface area contributed by atoms with E-state index in [4.69, 9.17) is 4.74 Å². The average molecular weight is 463 g/mol. The van der Waals surface area contributed by atoms with Gasteiger partial charge >= 0.3 is 6.09 Å². The number of likely N-dealkylation sites (N-methyl/N-ethyl adjacent to an activating group) is 1. The van der Waals surface area contributed by atoms with Gasteiger partial charge in [-0.1, -0.05) is 6.07 Å². The Hall–Kier alpha value is -3.88. The van der Waals surface area contributed by atoms with Gasteiger partial charge in [0.2, 0.25) is 0 Å². The van der Waals surface area contributed by atoms with Gasteiger partial charge in [0.05, 0.1) is 11.7 Å². The van der Waals surface area contributed by atoms with E-state index in [0.29, 0.717) is 22.8 Å². The molecule has 34 heavy (non-hydrogen) atoms. The van der Waals surface area contributed by atoms with Crippen molar-refractivity contribution >= 4 is 23.4 Å². The summed E-state index contributed by atoms with van der Waals surface area (Å²) in [7, 11) is 1.79. The summed E-state index contributed by atoms with van der Waals surface area (Å²) in [6, 6.07) is 15.0. The van der Waals surface area contributed by atoms with Gasteiger partial charge in [-0.15, -0.1) is 0 Å². The van der Waals surface area contributed by atoms with Gasteiger partial charge < -0.3 is 19.9 Å². The second-order valence-corrected chi connectivity index (χ2v) is 9.36. The van der Waals surface area contributed by atoms with Crippen LogP contribution in [0.4, 0.5) is 16.2 Å². The highest BCUT2D eigenvalue weighted by molar-refractivity contribution is 6.03. The van der Waals surface area contributed by atoms with Crippen LogP contribution in [0.25, 0.3) is 11.4 Å². The van der Waals surface area contributed by atoms with Crippen LogP contribution in [0.1, 0.15) is 37.7 Å². The number of aromatic nitrogens is 3. The second-order valence-electron chi connectivity index (χ2n) is 9.36. The second kappa shape index (κ2) is 9.54. The van der Waals surface area contributed by atoms with Crippen LogP contribution < -0.4 is 10.2 Å². The first-order valence-corrected chi connectivity index (χ1v) is 11.3. The standard InChI is InChI=1S/C25H30N6O3/c1-25(2,3)34-24(33)30(4)19-12-14-31(16-19)18-10-8-17(9-11-18)27-23(32)22-15-21(28-29-22)20-7-5-6-13-26-20/h5-11,13,15,19H,12,14,16H2,1-4H3,(H,27,32)(H,28,29). The number of carbonyl (C=O) groups excluding carboxylic acids is 2. The molecule has 178 valence electrons. The Labute approximate surface area is 199 Å². The summed E-state index contributed by atoms with van der Waals surface area (Å²) >= 11 is 0. The van der Waals surface area contributed by atoms with Crippen molar-refractivity contribution in [2.75, 3.05) is 30.4 Å². The van der Waals surface area contributed by atoms with E-state index in [9.17, 15) is 9.59 Å². The number of amides is 2. The van der Waals surface area contributed by atoms with Crippen molar-refractivity contribution < 1.29 is 14.3 Å². The Morgan fingerprint density at radius 1 is 1.15 bits per heavy atom. The molecule has 1 fully saturated rings. The quantitative estimate of drug-likeness (QED) is 0.590. The third-order valence-electron chi connectivity index (χ3n) is 5.63. The summed E-state index contributed by atoms with van der Waals surface area (Å²) in [6.45, 7) is 7.17. The van der Waals surface area contributed by atoms with Gasteiger partial charge in [0.25, 0.3) is 5.91 Å². The molecule has 1 aromatic carbocycles. The molecule has 0 radical (unpaired) electrons. The highest BCUT2D eigenvalue weighted by Crippen LogP contribution is 2.25. The molecule has 2 aromatic heterocycles. The molecule has 2 amide bonds. The third kappa shape index (κ3) is 5.54. The molecule has 9 heteroatoms. The normalized spacial score (nSPS) is 15.8. The van der Waals surface area contributed by atoms with Crippen LogP contribution in [0, 0.1) is 0 Å². The van der Waals surface area contributed by atoms with E-state index >= 15 is 0 Å². The predicted octanol–water partition coefficient (Wildman–Crippen LogP) is 4.17. The van der Waals surface area contributed by atoms with E-state index in [1.807, 2.05) is 63.2 Å². The first kappa shape index (κ1) is 23.3. The van der Waals surface area contributed by atoms with Gasteiger partial charge in [-0.05, 0) is 69.7 Å². The fraction of sp³-hybridized carbons (Fsp3) is 0.360. The van der Waals surface area contributed by atoms with Crippen LogP contribution in [0.5, 0.6) is 0 Å². The molecule has 3 aromatic rings. The van der Waals surface area contributed by atoms with Gasteiger partial charge in [-0.25, -0.2) is 4.79 Å². The topological polar surface area (TPSA) is 103 Å². The maximum Gasteiger partial charge on any atom is 0.410 e. The van der Waals surface area contributed by atoms with Crippen LogP contribution in [0.15, 0.2) is 54.7 Å². The lowest BCUT2D eigenvalue weighted by molar-refractivity contribution is 0.0238. The summed E-state index contributed by atoms with van der Waals surface area (Å²) in [6.07, 6.45) is 2.25. The number of rotatable bonds is 5. The van der Waals surface area contributed by atoms with E-state index < -0.39 is 5.60 Å². The zero-order chi connectivity index (χ0) is 24.3. The Morgan fingerprint density at radius 3 is 2.59 bits per heavy atom. The molecule has 0 bridgehead atoms. The molecular weight excluding hydrogens is 432 g/mol. The number of nitrogens with one attached hydrogen (secondary N) is 2. The average Bonchev–Trinajstić information content (AvgIpc) is 3.49. The molecule has 3 heterocycles. The van der Waals surface area contributed by atoms with Crippen LogP contribution in [-0.4, -0.2) is 63.9 Å². The number of aromatic amines is 1. The summed E-state index contributed by atoms with van der Waals surface area (Å²) < 4.78 is 5.49. The molecule has 9 nitrogen and oxygen atoms in total. The zero-order valence-corrected chi connectivity index (χ0v) is 19.9. The smallest absolute Gasteiger partial charge is 0.410 e. The number of benzene rings is 1. The number of ether oxygens (including phenoxy) is 1. The molecule has 1 saturated heterocycles. The highest BCUT2D eigenvalue weighted by atomic mass is 16.6. The number of hydrogen-bond acceptors (Lipinski definition) is 6. The minimum absolute atomic E-state index is 0.0860. The number of hydrogen-bond donors (Lipinski definition) is 2. The van der Waals surface area contributed by atoms with Crippen LogP contribution >= 0.6 is 0 Å². The zero-order valence-electron chi connectivity index (χ0n) is 19.9. The first-order valence-electron chi connectivity index (χ1n) is 11.3. The van der Waals surface area contributed by atoms with E-state index in [2.05, 4.69) is 25.4 Å². The number of carbonyl (C=O) groups is 2. The lowest BCUT2D eigenvalue weighted by Gasteiger charge is -2.28. The maximum atomic E-state index is 12.6. The largest absolute Gasteiger partial charge is 0.444 e. The van der Waals surface area contributed by atoms with Crippen molar-refractivity contribution in [1.82, 2.24) is 20.1 Å². The predicted molar refractivity (Wildman–Crippen MR) is 131 cm³/mol. The van der Waals surface area contributed by atoms with Crippen LogP contribution in [-0.2, 0) is 4.74 Å². The van der Waals surface area contributed by atoms with Gasteiger partial charge in [-0.2, -0.15) is 5.10 Å². The third-order valence-corrected chi connectivity index (χ3v) is 5.63. The summed E-state index contributed by atoms with van der Waals surface area (Å²) in [5.41, 5.74) is 2.88. The lowest BCUT2D eigenvalue weighted by atomic mass is 10.2. The fourth-order valence-electron chi connectivity index (χ4n) is 3.81. The Bertz CT molecular complexity index is 1140.